The topological polar surface area (TPSA) is 32.7 Å². The number of rotatable bonds is 3. The SMILES string of the molecule is OC[C@H]1CN(c2ccc(C3=CCSCC3)c(F)c2)CO1. The number of hydrogen-bond donors (Lipinski definition) is 1. The van der Waals surface area contributed by atoms with Gasteiger partial charge in [-0.05, 0) is 35.9 Å². The summed E-state index contributed by atoms with van der Waals surface area (Å²) in [6, 6.07) is 5.36. The van der Waals surface area contributed by atoms with E-state index in [1.165, 1.54) is 0 Å². The van der Waals surface area contributed by atoms with Crippen molar-refractivity contribution in [1.29, 1.82) is 0 Å². The number of aliphatic hydroxyl groups is 1. The molecule has 20 heavy (non-hydrogen) atoms. The minimum absolute atomic E-state index is 0.00161. The van der Waals surface area contributed by atoms with Crippen LogP contribution >= 0.6 is 11.8 Å². The van der Waals surface area contributed by atoms with E-state index in [0.717, 1.165) is 29.2 Å². The minimum Gasteiger partial charge on any atom is -0.394 e. The maximum Gasteiger partial charge on any atom is 0.132 e. The molecule has 0 unspecified atom stereocenters. The monoisotopic (exact) mass is 295 g/mol. The first-order chi connectivity index (χ1) is 9.78. The Morgan fingerprint density at radius 1 is 1.45 bits per heavy atom. The highest BCUT2D eigenvalue weighted by atomic mass is 32.2. The Morgan fingerprint density at radius 3 is 3.00 bits per heavy atom. The second-order valence-corrected chi connectivity index (χ2v) is 6.19. The molecule has 108 valence electrons. The van der Waals surface area contributed by atoms with E-state index in [1.54, 1.807) is 6.07 Å². The second kappa shape index (κ2) is 6.16. The largest absolute Gasteiger partial charge is 0.394 e. The lowest BCUT2D eigenvalue weighted by Crippen LogP contribution is -2.23. The first-order valence-corrected chi connectivity index (χ1v) is 7.97. The number of benzene rings is 1. The van der Waals surface area contributed by atoms with Crippen LogP contribution in [0.4, 0.5) is 10.1 Å². The van der Waals surface area contributed by atoms with Gasteiger partial charge in [-0.3, -0.25) is 0 Å². The zero-order chi connectivity index (χ0) is 13.9. The lowest BCUT2D eigenvalue weighted by atomic mass is 10.0. The van der Waals surface area contributed by atoms with Crippen molar-refractivity contribution in [1.82, 2.24) is 0 Å². The van der Waals surface area contributed by atoms with E-state index in [9.17, 15) is 4.39 Å². The third kappa shape index (κ3) is 2.85. The zero-order valence-corrected chi connectivity index (χ0v) is 12.0. The van der Waals surface area contributed by atoms with Gasteiger partial charge in [0.05, 0.1) is 6.61 Å². The van der Waals surface area contributed by atoms with Gasteiger partial charge in [0.25, 0.3) is 0 Å². The maximum absolute atomic E-state index is 14.3. The Bertz CT molecular complexity index is 521. The molecule has 1 saturated heterocycles. The number of allylic oxidation sites excluding steroid dienone is 1. The quantitative estimate of drug-likeness (QED) is 0.929. The van der Waals surface area contributed by atoms with E-state index in [1.807, 2.05) is 28.8 Å². The first kappa shape index (κ1) is 13.9. The van der Waals surface area contributed by atoms with E-state index in [4.69, 9.17) is 9.84 Å². The molecule has 5 heteroatoms. The number of hydrogen-bond acceptors (Lipinski definition) is 4. The fourth-order valence-electron chi connectivity index (χ4n) is 2.57. The summed E-state index contributed by atoms with van der Waals surface area (Å²) in [6.45, 7) is 1.01. The van der Waals surface area contributed by atoms with Crippen LogP contribution in [0.15, 0.2) is 24.3 Å². The van der Waals surface area contributed by atoms with E-state index in [-0.39, 0.29) is 18.5 Å². The fraction of sp³-hybridized carbons (Fsp3) is 0.467. The molecule has 2 aliphatic heterocycles. The standard InChI is InChI=1S/C15H18FNO2S/c16-15-7-12(17-8-13(9-18)19-10-17)1-2-14(15)11-3-5-20-6-4-11/h1-3,7,13,18H,4-6,8-10H2/t13-/m1/s1. The Hall–Kier alpha value is -1.04. The van der Waals surface area contributed by atoms with Gasteiger partial charge in [0.1, 0.15) is 18.7 Å². The highest BCUT2D eigenvalue weighted by Crippen LogP contribution is 2.30. The molecule has 0 spiro atoms. The summed E-state index contributed by atoms with van der Waals surface area (Å²) in [5, 5.41) is 9.06. The van der Waals surface area contributed by atoms with Gasteiger partial charge in [0.15, 0.2) is 0 Å². The number of thioether (sulfide) groups is 1. The predicted molar refractivity (Wildman–Crippen MR) is 80.5 cm³/mol. The van der Waals surface area contributed by atoms with Crippen LogP contribution in [-0.4, -0.2) is 42.6 Å². The van der Waals surface area contributed by atoms with Crippen LogP contribution in [0.3, 0.4) is 0 Å². The summed E-state index contributed by atoms with van der Waals surface area (Å²) in [5.41, 5.74) is 2.64. The van der Waals surface area contributed by atoms with Gasteiger partial charge >= 0.3 is 0 Å². The Kier molecular flexibility index (Phi) is 4.29. The number of halogens is 1. The second-order valence-electron chi connectivity index (χ2n) is 5.04. The highest BCUT2D eigenvalue weighted by molar-refractivity contribution is 7.99. The van der Waals surface area contributed by atoms with Gasteiger partial charge in [-0.1, -0.05) is 6.08 Å². The van der Waals surface area contributed by atoms with E-state index < -0.39 is 0 Å². The van der Waals surface area contributed by atoms with Crippen molar-refractivity contribution in [3.63, 3.8) is 0 Å². The first-order valence-electron chi connectivity index (χ1n) is 6.82. The molecule has 0 radical (unpaired) electrons. The molecule has 0 bridgehead atoms. The predicted octanol–water partition coefficient (Wildman–Crippen LogP) is 2.50. The third-order valence-corrected chi connectivity index (χ3v) is 4.62. The van der Waals surface area contributed by atoms with Crippen LogP contribution in [0, 0.1) is 5.82 Å². The number of aliphatic hydroxyl groups excluding tert-OH is 1. The van der Waals surface area contributed by atoms with Crippen LogP contribution in [-0.2, 0) is 4.74 Å². The summed E-state index contributed by atoms with van der Waals surface area (Å²) in [5.74, 6) is 1.85. The molecule has 1 aromatic carbocycles. The van der Waals surface area contributed by atoms with Crippen molar-refractivity contribution in [2.75, 3.05) is 36.3 Å². The van der Waals surface area contributed by atoms with Gasteiger partial charge in [0, 0.05) is 23.5 Å². The lowest BCUT2D eigenvalue weighted by Gasteiger charge is -2.18. The van der Waals surface area contributed by atoms with Crippen LogP contribution in [0.2, 0.25) is 0 Å². The molecule has 0 aromatic heterocycles. The Balaban J connectivity index is 1.79. The van der Waals surface area contributed by atoms with Gasteiger partial charge in [-0.15, -0.1) is 0 Å². The molecule has 1 atom stereocenters. The van der Waals surface area contributed by atoms with Crippen LogP contribution in [0.1, 0.15) is 12.0 Å². The summed E-state index contributed by atoms with van der Waals surface area (Å²) < 4.78 is 19.7. The summed E-state index contributed by atoms with van der Waals surface area (Å²) in [4.78, 5) is 1.94. The Morgan fingerprint density at radius 2 is 2.35 bits per heavy atom. The van der Waals surface area contributed by atoms with Crippen LogP contribution in [0.5, 0.6) is 0 Å². The van der Waals surface area contributed by atoms with Crippen molar-refractivity contribution in [3.8, 4) is 0 Å². The van der Waals surface area contributed by atoms with Gasteiger partial charge in [-0.2, -0.15) is 11.8 Å². The average Bonchev–Trinajstić information content (AvgIpc) is 2.97. The zero-order valence-electron chi connectivity index (χ0n) is 11.2. The van der Waals surface area contributed by atoms with Crippen molar-refractivity contribution in [2.45, 2.75) is 12.5 Å². The van der Waals surface area contributed by atoms with Crippen molar-refractivity contribution < 1.29 is 14.2 Å². The van der Waals surface area contributed by atoms with E-state index in [2.05, 4.69) is 6.08 Å². The smallest absolute Gasteiger partial charge is 0.132 e. The van der Waals surface area contributed by atoms with Crippen molar-refractivity contribution in [3.05, 3.63) is 35.7 Å². The van der Waals surface area contributed by atoms with Crippen LogP contribution < -0.4 is 4.90 Å². The fourth-order valence-corrected chi connectivity index (χ4v) is 3.42. The molecular weight excluding hydrogens is 277 g/mol. The molecule has 0 amide bonds. The molecule has 1 fully saturated rings. The van der Waals surface area contributed by atoms with Gasteiger partial charge in [-0.25, -0.2) is 4.39 Å². The summed E-state index contributed by atoms with van der Waals surface area (Å²) in [6.07, 6.45) is 2.88. The van der Waals surface area contributed by atoms with E-state index in [0.29, 0.717) is 18.8 Å². The van der Waals surface area contributed by atoms with E-state index >= 15 is 0 Å². The minimum atomic E-state index is -0.173. The number of nitrogens with zero attached hydrogens (tertiary/aromatic N) is 1. The normalized spacial score (nSPS) is 23.0. The lowest BCUT2D eigenvalue weighted by molar-refractivity contribution is 0.0645. The highest BCUT2D eigenvalue weighted by Gasteiger charge is 2.23. The summed E-state index contributed by atoms with van der Waals surface area (Å²) in [7, 11) is 0. The molecule has 3 rings (SSSR count). The van der Waals surface area contributed by atoms with Crippen LogP contribution in [0.25, 0.3) is 5.57 Å². The molecule has 2 aliphatic rings. The molecule has 1 N–H and O–H groups in total. The third-order valence-electron chi connectivity index (χ3n) is 3.72. The van der Waals surface area contributed by atoms with Gasteiger partial charge in [0.2, 0.25) is 0 Å². The number of ether oxygens (including phenoxy) is 1. The molecule has 2 heterocycles. The molecule has 0 saturated carbocycles. The summed E-state index contributed by atoms with van der Waals surface area (Å²) >= 11 is 1.88. The molecule has 3 nitrogen and oxygen atoms in total. The van der Waals surface area contributed by atoms with Gasteiger partial charge < -0.3 is 14.7 Å². The Labute approximate surface area is 122 Å². The van der Waals surface area contributed by atoms with Crippen molar-refractivity contribution >= 4 is 23.0 Å². The molecule has 1 aromatic rings. The van der Waals surface area contributed by atoms with Crippen molar-refractivity contribution in [2.24, 2.45) is 0 Å². The molecule has 0 aliphatic carbocycles. The maximum atomic E-state index is 14.3. The number of anilines is 1. The average molecular weight is 295 g/mol. The molecular formula is C15H18FNO2S.